The van der Waals surface area contributed by atoms with Crippen LogP contribution in [0.2, 0.25) is 0 Å². The molecule has 3 heterocycles. The van der Waals surface area contributed by atoms with E-state index < -0.39 is 18.6 Å². The number of aromatic nitrogens is 4. The van der Waals surface area contributed by atoms with Gasteiger partial charge in [-0.3, -0.25) is 9.67 Å². The van der Waals surface area contributed by atoms with Crippen molar-refractivity contribution in [2.24, 2.45) is 0 Å². The fourth-order valence-electron chi connectivity index (χ4n) is 3.06. The fourth-order valence-corrected chi connectivity index (χ4v) is 3.86. The molecule has 1 aromatic carbocycles. The van der Waals surface area contributed by atoms with Gasteiger partial charge in [0.15, 0.2) is 0 Å². The van der Waals surface area contributed by atoms with Crippen molar-refractivity contribution in [1.29, 1.82) is 0 Å². The van der Waals surface area contributed by atoms with Crippen LogP contribution < -0.4 is 0 Å². The summed E-state index contributed by atoms with van der Waals surface area (Å²) in [6, 6.07) is 11.2. The van der Waals surface area contributed by atoms with Gasteiger partial charge in [-0.2, -0.15) is 27.1 Å². The van der Waals surface area contributed by atoms with E-state index in [1.807, 2.05) is 37.3 Å². The second-order valence-corrected chi connectivity index (χ2v) is 7.90. The van der Waals surface area contributed by atoms with Crippen molar-refractivity contribution < 1.29 is 22.0 Å². The third-order valence-corrected chi connectivity index (χ3v) is 5.43. The van der Waals surface area contributed by atoms with Gasteiger partial charge in [0.25, 0.3) is 0 Å². The number of hydrogen-bond donors (Lipinski definition) is 0. The van der Waals surface area contributed by atoms with E-state index in [2.05, 4.69) is 10.1 Å². The molecule has 0 N–H and O–H groups in total. The van der Waals surface area contributed by atoms with Crippen LogP contribution in [0.25, 0.3) is 33.2 Å². The number of pyridine rings is 2. The second-order valence-electron chi connectivity index (χ2n) is 6.59. The lowest BCUT2D eigenvalue weighted by Crippen LogP contribution is -2.40. The number of benzene rings is 1. The molecule has 0 bridgehead atoms. The summed E-state index contributed by atoms with van der Waals surface area (Å²) in [5.74, 6) is -4.09. The van der Waals surface area contributed by atoms with Gasteiger partial charge in [0.2, 0.25) is 0 Å². The number of halogens is 5. The molecule has 0 fully saturated rings. The molecule has 0 amide bonds. The Morgan fingerprint density at radius 1 is 1.00 bits per heavy atom. The molecule has 0 aliphatic carbocycles. The van der Waals surface area contributed by atoms with Gasteiger partial charge < -0.3 is 0 Å². The number of alkyl halides is 5. The Morgan fingerprint density at radius 2 is 1.77 bits per heavy atom. The molecule has 3 aromatic heterocycles. The average Bonchev–Trinajstić information content (AvgIpc) is 3.08. The van der Waals surface area contributed by atoms with Gasteiger partial charge >= 0.3 is 12.1 Å². The Morgan fingerprint density at radius 3 is 2.50 bits per heavy atom. The molecular weight excluding hydrogens is 423 g/mol. The molecule has 4 rings (SSSR count). The normalized spacial score (nSPS) is 12.7. The van der Waals surface area contributed by atoms with Crippen LogP contribution in [0.4, 0.5) is 22.0 Å². The summed E-state index contributed by atoms with van der Waals surface area (Å²) in [6.45, 7) is 0.400. The number of hydrogen-bond acceptors (Lipinski definition) is 4. The Balaban J connectivity index is 1.77. The SMILES string of the molecule is CCSc1cc2ccccc2nc1-c1cc2cnn(CC(F)(F)C(F)(F)F)c2cn1. The van der Waals surface area contributed by atoms with Crippen molar-refractivity contribution in [3.8, 4) is 11.4 Å². The summed E-state index contributed by atoms with van der Waals surface area (Å²) in [7, 11) is 0. The minimum atomic E-state index is -5.65. The first-order valence-corrected chi connectivity index (χ1v) is 9.97. The topological polar surface area (TPSA) is 43.6 Å². The zero-order valence-electron chi connectivity index (χ0n) is 15.6. The quantitative estimate of drug-likeness (QED) is 0.285. The molecule has 10 heteroatoms. The van der Waals surface area contributed by atoms with E-state index in [4.69, 9.17) is 4.98 Å². The third-order valence-electron chi connectivity index (χ3n) is 4.52. The number of rotatable bonds is 5. The summed E-state index contributed by atoms with van der Waals surface area (Å²) in [5.41, 5.74) is 1.98. The van der Waals surface area contributed by atoms with E-state index in [0.717, 1.165) is 21.6 Å². The summed E-state index contributed by atoms with van der Waals surface area (Å²) < 4.78 is 65.1. The standard InChI is InChI=1S/C20H15F5N4S/c1-2-30-17-8-12-5-3-4-6-14(12)28-18(17)15-7-13-9-27-29(16(13)10-26-15)11-19(21,22)20(23,24)25/h3-10H,2,11H2,1H3. The molecule has 156 valence electrons. The average molecular weight is 438 g/mol. The van der Waals surface area contributed by atoms with Crippen molar-refractivity contribution in [3.63, 3.8) is 0 Å². The first-order chi connectivity index (χ1) is 14.2. The molecule has 4 nitrogen and oxygen atoms in total. The van der Waals surface area contributed by atoms with Gasteiger partial charge in [-0.1, -0.05) is 25.1 Å². The highest BCUT2D eigenvalue weighted by atomic mass is 32.2. The second kappa shape index (κ2) is 7.50. The van der Waals surface area contributed by atoms with E-state index in [9.17, 15) is 22.0 Å². The van der Waals surface area contributed by atoms with Crippen molar-refractivity contribution in [3.05, 3.63) is 48.8 Å². The number of thioether (sulfide) groups is 1. The highest BCUT2D eigenvalue weighted by molar-refractivity contribution is 7.99. The van der Waals surface area contributed by atoms with Crippen molar-refractivity contribution >= 4 is 33.6 Å². The summed E-state index contributed by atoms with van der Waals surface area (Å²) in [6.07, 6.45) is -3.15. The van der Waals surface area contributed by atoms with Crippen molar-refractivity contribution in [2.75, 3.05) is 5.75 Å². The maximum atomic E-state index is 13.4. The van der Waals surface area contributed by atoms with Crippen LogP contribution in [-0.4, -0.2) is 37.6 Å². The molecule has 0 aliphatic heterocycles. The van der Waals surface area contributed by atoms with Crippen molar-refractivity contribution in [2.45, 2.75) is 30.5 Å². The van der Waals surface area contributed by atoms with Crippen LogP contribution in [0.3, 0.4) is 0 Å². The first kappa shape index (κ1) is 20.5. The minimum absolute atomic E-state index is 0.0909. The van der Waals surface area contributed by atoms with Crippen molar-refractivity contribution in [1.82, 2.24) is 19.7 Å². The van der Waals surface area contributed by atoms with E-state index in [-0.39, 0.29) is 5.52 Å². The molecule has 4 aromatic rings. The molecule has 0 aliphatic rings. The van der Waals surface area contributed by atoms with E-state index >= 15 is 0 Å². The molecule has 30 heavy (non-hydrogen) atoms. The lowest BCUT2D eigenvalue weighted by molar-refractivity contribution is -0.287. The predicted molar refractivity (Wildman–Crippen MR) is 106 cm³/mol. The van der Waals surface area contributed by atoms with E-state index in [1.165, 1.54) is 12.4 Å². The van der Waals surface area contributed by atoms with Gasteiger partial charge in [0.05, 0.1) is 29.1 Å². The molecule has 0 saturated carbocycles. The van der Waals surface area contributed by atoms with Crippen LogP contribution in [-0.2, 0) is 6.54 Å². The molecule has 0 atom stereocenters. The smallest absolute Gasteiger partial charge is 0.257 e. The number of para-hydroxylation sites is 1. The third kappa shape index (κ3) is 3.71. The summed E-state index contributed by atoms with van der Waals surface area (Å²) in [5, 5.41) is 5.08. The molecule has 0 radical (unpaired) electrons. The summed E-state index contributed by atoms with van der Waals surface area (Å²) in [4.78, 5) is 9.88. The van der Waals surface area contributed by atoms with Crippen LogP contribution in [0.1, 0.15) is 6.92 Å². The first-order valence-electron chi connectivity index (χ1n) is 8.98. The highest BCUT2D eigenvalue weighted by Gasteiger charge is 2.57. The predicted octanol–water partition coefficient (Wildman–Crippen LogP) is 5.96. The fraction of sp³-hybridized carbons (Fsp3) is 0.250. The monoisotopic (exact) mass is 438 g/mol. The Kier molecular flexibility index (Phi) is 5.13. The van der Waals surface area contributed by atoms with Gasteiger partial charge in [-0.05, 0) is 24.0 Å². The van der Waals surface area contributed by atoms with Crippen LogP contribution in [0, 0.1) is 0 Å². The van der Waals surface area contributed by atoms with E-state index in [0.29, 0.717) is 21.5 Å². The van der Waals surface area contributed by atoms with E-state index in [1.54, 1.807) is 17.8 Å². The van der Waals surface area contributed by atoms with Gasteiger partial charge in [-0.25, -0.2) is 4.98 Å². The maximum absolute atomic E-state index is 13.4. The Labute approximate surface area is 172 Å². The van der Waals surface area contributed by atoms with Gasteiger partial charge in [-0.15, -0.1) is 11.8 Å². The number of nitrogens with zero attached hydrogens (tertiary/aromatic N) is 4. The van der Waals surface area contributed by atoms with Gasteiger partial charge in [0, 0.05) is 15.7 Å². The molecule has 0 spiro atoms. The van der Waals surface area contributed by atoms with Crippen LogP contribution >= 0.6 is 11.8 Å². The lowest BCUT2D eigenvalue weighted by atomic mass is 10.1. The van der Waals surface area contributed by atoms with Gasteiger partial charge in [0.1, 0.15) is 12.2 Å². The maximum Gasteiger partial charge on any atom is 0.455 e. The zero-order chi connectivity index (χ0) is 21.5. The van der Waals surface area contributed by atoms with Crippen LogP contribution in [0.5, 0.6) is 0 Å². The summed E-state index contributed by atoms with van der Waals surface area (Å²) >= 11 is 1.59. The molecule has 0 saturated heterocycles. The highest BCUT2D eigenvalue weighted by Crippen LogP contribution is 2.37. The minimum Gasteiger partial charge on any atom is -0.257 e. The largest absolute Gasteiger partial charge is 0.455 e. The number of fused-ring (bicyclic) bond motifs is 2. The zero-order valence-corrected chi connectivity index (χ0v) is 16.4. The molecular formula is C20H15F5N4S. The van der Waals surface area contributed by atoms with Crippen LogP contribution in [0.15, 0.2) is 53.7 Å². The lowest BCUT2D eigenvalue weighted by Gasteiger charge is -2.19. The Bertz CT molecular complexity index is 1220. The Hall–Kier alpha value is -2.75. The molecule has 0 unspecified atom stereocenters.